The molecule has 0 aliphatic carbocycles. The number of hydrogen-bond donors (Lipinski definition) is 1. The summed E-state index contributed by atoms with van der Waals surface area (Å²) in [6, 6.07) is 11.8. The largest absolute Gasteiger partial charge is 0.573 e. The Labute approximate surface area is 200 Å². The molecule has 3 rings (SSSR count). The minimum absolute atomic E-state index is 0.0640. The second-order valence-corrected chi connectivity index (χ2v) is 8.05. The molecule has 3 amide bonds. The second kappa shape index (κ2) is 10.7. The SMILES string of the molecule is CNC(=O)c1ccc(O[C@@H](C)C(=O)N2CCN(C(=O)c3ccccc3)C[C@H]2C)c(OC(F)(F)F)c1. The van der Waals surface area contributed by atoms with Gasteiger partial charge in [0.05, 0.1) is 0 Å². The van der Waals surface area contributed by atoms with Crippen LogP contribution in [0, 0.1) is 0 Å². The van der Waals surface area contributed by atoms with Crippen LogP contribution in [0.15, 0.2) is 48.5 Å². The maximum absolute atomic E-state index is 13.0. The predicted molar refractivity (Wildman–Crippen MR) is 120 cm³/mol. The first kappa shape index (κ1) is 25.9. The highest BCUT2D eigenvalue weighted by Crippen LogP contribution is 2.34. The monoisotopic (exact) mass is 493 g/mol. The normalized spacial score (nSPS) is 16.9. The van der Waals surface area contributed by atoms with Crippen molar-refractivity contribution >= 4 is 17.7 Å². The zero-order valence-electron chi connectivity index (χ0n) is 19.5. The van der Waals surface area contributed by atoms with Crippen molar-refractivity contribution in [3.8, 4) is 11.5 Å². The van der Waals surface area contributed by atoms with Crippen LogP contribution in [0.4, 0.5) is 13.2 Å². The molecular formula is C24H26F3N3O5. The van der Waals surface area contributed by atoms with Gasteiger partial charge in [0, 0.05) is 43.9 Å². The maximum atomic E-state index is 13.0. The molecule has 1 saturated heterocycles. The molecule has 1 aliphatic heterocycles. The van der Waals surface area contributed by atoms with E-state index in [1.54, 1.807) is 36.1 Å². The first-order valence-corrected chi connectivity index (χ1v) is 10.9. The molecule has 188 valence electrons. The predicted octanol–water partition coefficient (Wildman–Crippen LogP) is 3.09. The molecule has 0 aromatic heterocycles. The van der Waals surface area contributed by atoms with Gasteiger partial charge < -0.3 is 24.6 Å². The molecule has 2 atom stereocenters. The number of rotatable bonds is 6. The number of nitrogens with zero attached hydrogens (tertiary/aromatic N) is 2. The van der Waals surface area contributed by atoms with Crippen LogP contribution in [0.5, 0.6) is 11.5 Å². The van der Waals surface area contributed by atoms with Crippen molar-refractivity contribution in [1.82, 2.24) is 15.1 Å². The summed E-state index contributed by atoms with van der Waals surface area (Å²) < 4.78 is 48.3. The van der Waals surface area contributed by atoms with Gasteiger partial charge >= 0.3 is 6.36 Å². The second-order valence-electron chi connectivity index (χ2n) is 8.05. The highest BCUT2D eigenvalue weighted by atomic mass is 19.4. The molecule has 2 aromatic carbocycles. The average molecular weight is 493 g/mol. The van der Waals surface area contributed by atoms with E-state index in [2.05, 4.69) is 10.1 Å². The van der Waals surface area contributed by atoms with E-state index < -0.39 is 30.0 Å². The number of nitrogens with one attached hydrogen (secondary N) is 1. The number of ether oxygens (including phenoxy) is 2. The van der Waals surface area contributed by atoms with Crippen molar-refractivity contribution in [1.29, 1.82) is 0 Å². The van der Waals surface area contributed by atoms with E-state index in [1.165, 1.54) is 24.9 Å². The molecule has 2 aromatic rings. The van der Waals surface area contributed by atoms with Crippen LogP contribution in [-0.4, -0.2) is 72.7 Å². The van der Waals surface area contributed by atoms with Gasteiger partial charge in [-0.3, -0.25) is 14.4 Å². The molecule has 8 nitrogen and oxygen atoms in total. The van der Waals surface area contributed by atoms with Crippen molar-refractivity contribution in [2.45, 2.75) is 32.4 Å². The summed E-state index contributed by atoms with van der Waals surface area (Å²) in [6.07, 6.45) is -6.17. The van der Waals surface area contributed by atoms with Crippen molar-refractivity contribution < 1.29 is 37.0 Å². The van der Waals surface area contributed by atoms with E-state index in [4.69, 9.17) is 4.74 Å². The summed E-state index contributed by atoms with van der Waals surface area (Å²) in [5.74, 6) is -2.26. The number of carbonyl (C=O) groups is 3. The maximum Gasteiger partial charge on any atom is 0.573 e. The van der Waals surface area contributed by atoms with Crippen molar-refractivity contribution in [2.75, 3.05) is 26.7 Å². The number of benzene rings is 2. The fraction of sp³-hybridized carbons (Fsp3) is 0.375. The van der Waals surface area contributed by atoms with Crippen molar-refractivity contribution in [3.05, 3.63) is 59.7 Å². The first-order chi connectivity index (χ1) is 16.5. The Kier molecular flexibility index (Phi) is 7.88. The van der Waals surface area contributed by atoms with Gasteiger partial charge in [0.25, 0.3) is 17.7 Å². The average Bonchev–Trinajstić information content (AvgIpc) is 2.83. The zero-order valence-corrected chi connectivity index (χ0v) is 19.5. The molecule has 1 fully saturated rings. The minimum Gasteiger partial charge on any atom is -0.477 e. The topological polar surface area (TPSA) is 88.2 Å². The standard InChI is InChI=1S/C24H26F3N3O5/c1-15-14-29(23(33)17-7-5-4-6-8-17)11-12-30(15)22(32)16(2)34-19-10-9-18(21(31)28-3)13-20(19)35-24(25,26)27/h4-10,13,15-16H,11-12,14H2,1-3H3,(H,28,31)/t15-,16+/m1/s1. The molecular weight excluding hydrogens is 467 g/mol. The van der Waals surface area contributed by atoms with Gasteiger partial charge in [-0.2, -0.15) is 0 Å². The highest BCUT2D eigenvalue weighted by molar-refractivity contribution is 5.95. The number of carbonyl (C=O) groups excluding carboxylic acids is 3. The molecule has 0 saturated carbocycles. The van der Waals surface area contributed by atoms with Crippen LogP contribution >= 0.6 is 0 Å². The molecule has 1 N–H and O–H groups in total. The van der Waals surface area contributed by atoms with Crippen molar-refractivity contribution in [3.63, 3.8) is 0 Å². The van der Waals surface area contributed by atoms with Crippen LogP contribution in [0.2, 0.25) is 0 Å². The molecule has 0 unspecified atom stereocenters. The number of piperazine rings is 1. The van der Waals surface area contributed by atoms with Gasteiger partial charge in [-0.1, -0.05) is 18.2 Å². The summed E-state index contributed by atoms with van der Waals surface area (Å²) in [7, 11) is 1.34. The lowest BCUT2D eigenvalue weighted by Crippen LogP contribution is -2.57. The lowest BCUT2D eigenvalue weighted by atomic mass is 10.1. The number of hydrogen-bond acceptors (Lipinski definition) is 5. The summed E-state index contributed by atoms with van der Waals surface area (Å²) >= 11 is 0. The van der Waals surface area contributed by atoms with Crippen LogP contribution in [0.1, 0.15) is 34.6 Å². The Balaban J connectivity index is 1.70. The minimum atomic E-state index is -5.02. The molecule has 0 radical (unpaired) electrons. The Morgan fingerprint density at radius 3 is 2.31 bits per heavy atom. The van der Waals surface area contributed by atoms with Crippen LogP contribution in [0.25, 0.3) is 0 Å². The smallest absolute Gasteiger partial charge is 0.477 e. The van der Waals surface area contributed by atoms with E-state index in [0.717, 1.165) is 12.1 Å². The molecule has 0 spiro atoms. The number of halogens is 3. The molecule has 35 heavy (non-hydrogen) atoms. The Hall–Kier alpha value is -3.76. The molecule has 0 bridgehead atoms. The highest BCUT2D eigenvalue weighted by Gasteiger charge is 2.35. The van der Waals surface area contributed by atoms with Gasteiger partial charge in [0.2, 0.25) is 0 Å². The molecule has 11 heteroatoms. The van der Waals surface area contributed by atoms with Crippen LogP contribution < -0.4 is 14.8 Å². The lowest BCUT2D eigenvalue weighted by Gasteiger charge is -2.40. The summed E-state index contributed by atoms with van der Waals surface area (Å²) in [5.41, 5.74) is 0.486. The van der Waals surface area contributed by atoms with E-state index in [0.29, 0.717) is 18.7 Å². The first-order valence-electron chi connectivity index (χ1n) is 10.9. The molecule has 1 heterocycles. The Bertz CT molecular complexity index is 1080. The van der Waals surface area contributed by atoms with Gasteiger partial charge in [0.15, 0.2) is 17.6 Å². The Morgan fingerprint density at radius 2 is 1.71 bits per heavy atom. The van der Waals surface area contributed by atoms with E-state index in [9.17, 15) is 27.6 Å². The van der Waals surface area contributed by atoms with Gasteiger partial charge in [0.1, 0.15) is 0 Å². The van der Waals surface area contributed by atoms with Crippen molar-refractivity contribution in [2.24, 2.45) is 0 Å². The third kappa shape index (κ3) is 6.43. The third-order valence-corrected chi connectivity index (χ3v) is 5.53. The molecule has 1 aliphatic rings. The van der Waals surface area contributed by atoms with Crippen LogP contribution in [0.3, 0.4) is 0 Å². The van der Waals surface area contributed by atoms with Crippen LogP contribution in [-0.2, 0) is 4.79 Å². The van der Waals surface area contributed by atoms with Gasteiger partial charge in [-0.15, -0.1) is 13.2 Å². The van der Waals surface area contributed by atoms with E-state index in [1.807, 2.05) is 6.07 Å². The quantitative estimate of drug-likeness (QED) is 0.668. The summed E-state index contributed by atoms with van der Waals surface area (Å²) in [5, 5.41) is 2.31. The summed E-state index contributed by atoms with van der Waals surface area (Å²) in [4.78, 5) is 40.7. The van der Waals surface area contributed by atoms with Gasteiger partial charge in [-0.25, -0.2) is 0 Å². The number of amides is 3. The lowest BCUT2D eigenvalue weighted by molar-refractivity contribution is -0.275. The van der Waals surface area contributed by atoms with E-state index in [-0.39, 0.29) is 29.8 Å². The zero-order chi connectivity index (χ0) is 25.8. The fourth-order valence-electron chi connectivity index (χ4n) is 3.80. The third-order valence-electron chi connectivity index (χ3n) is 5.53. The van der Waals surface area contributed by atoms with E-state index >= 15 is 0 Å². The summed E-state index contributed by atoms with van der Waals surface area (Å²) in [6.45, 7) is 4.05. The fourth-order valence-corrected chi connectivity index (χ4v) is 3.80. The van der Waals surface area contributed by atoms with Gasteiger partial charge in [-0.05, 0) is 44.2 Å². The number of alkyl halides is 3. The Morgan fingerprint density at radius 1 is 1.03 bits per heavy atom.